The Balaban J connectivity index is 1.45. The molecule has 4 nitrogen and oxygen atoms in total. The molecule has 5 rings (SSSR count). The highest BCUT2D eigenvalue weighted by Crippen LogP contribution is 2.33. The van der Waals surface area contributed by atoms with Crippen LogP contribution in [0.3, 0.4) is 0 Å². The molecule has 1 saturated heterocycles. The minimum Gasteiger partial charge on any atom is -0.324 e. The number of carbonyl (C=O) groups excluding carboxylic acids is 1. The van der Waals surface area contributed by atoms with Crippen molar-refractivity contribution in [2.75, 3.05) is 11.4 Å². The molecule has 1 aliphatic rings. The van der Waals surface area contributed by atoms with Crippen LogP contribution in [-0.2, 0) is 11.3 Å². The number of imidazole rings is 1. The zero-order chi connectivity index (χ0) is 21.2. The lowest BCUT2D eigenvalue weighted by Gasteiger charge is -2.17. The summed E-state index contributed by atoms with van der Waals surface area (Å²) < 4.78 is 2.23. The van der Waals surface area contributed by atoms with E-state index in [-0.39, 0.29) is 11.8 Å². The molecule has 1 amide bonds. The van der Waals surface area contributed by atoms with E-state index < -0.39 is 0 Å². The Morgan fingerprint density at radius 2 is 1.71 bits per heavy atom. The summed E-state index contributed by atoms with van der Waals surface area (Å²) in [6.07, 6.45) is 4.73. The van der Waals surface area contributed by atoms with E-state index in [1.165, 1.54) is 5.56 Å². The third-order valence-corrected chi connectivity index (χ3v) is 5.96. The van der Waals surface area contributed by atoms with E-state index in [1.54, 1.807) is 0 Å². The standard InChI is InChI=1S/C26H22ClN3O/c27-21-12-14-22(15-13-21)30-18-20(17-25(30)31)26-28-23-10-4-5-11-24(23)29(26)16-6-9-19-7-2-1-3-8-19/h1-15,20H,16-18H2/b9-6+. The zero-order valence-corrected chi connectivity index (χ0v) is 17.7. The molecule has 1 unspecified atom stereocenters. The average Bonchev–Trinajstić information content (AvgIpc) is 3.36. The molecule has 1 fully saturated rings. The largest absolute Gasteiger partial charge is 0.324 e. The fourth-order valence-corrected chi connectivity index (χ4v) is 4.33. The third kappa shape index (κ3) is 3.99. The van der Waals surface area contributed by atoms with Crippen LogP contribution >= 0.6 is 11.6 Å². The van der Waals surface area contributed by atoms with Crippen LogP contribution in [0, 0.1) is 0 Å². The van der Waals surface area contributed by atoms with Crippen molar-refractivity contribution in [1.82, 2.24) is 9.55 Å². The molecule has 4 aromatic rings. The summed E-state index contributed by atoms with van der Waals surface area (Å²) in [7, 11) is 0. The molecule has 2 heterocycles. The minimum absolute atomic E-state index is 0.0423. The predicted molar refractivity (Wildman–Crippen MR) is 126 cm³/mol. The number of nitrogens with zero attached hydrogens (tertiary/aromatic N) is 3. The second kappa shape index (κ2) is 8.40. The lowest BCUT2D eigenvalue weighted by atomic mass is 10.1. The first-order chi connectivity index (χ1) is 15.2. The van der Waals surface area contributed by atoms with Crippen LogP contribution in [0.15, 0.2) is 84.9 Å². The Morgan fingerprint density at radius 3 is 2.52 bits per heavy atom. The van der Waals surface area contributed by atoms with Gasteiger partial charge in [-0.1, -0.05) is 66.2 Å². The summed E-state index contributed by atoms with van der Waals surface area (Å²) in [5.74, 6) is 1.12. The normalized spacial score (nSPS) is 16.6. The second-order valence-electron chi connectivity index (χ2n) is 7.76. The van der Waals surface area contributed by atoms with Gasteiger partial charge in [-0.2, -0.15) is 0 Å². The molecule has 1 aromatic heterocycles. The van der Waals surface area contributed by atoms with Gasteiger partial charge in [0.2, 0.25) is 5.91 Å². The number of benzene rings is 3. The van der Waals surface area contributed by atoms with Crippen molar-refractivity contribution in [2.24, 2.45) is 0 Å². The summed E-state index contributed by atoms with van der Waals surface area (Å²) in [6.45, 7) is 1.32. The molecule has 1 aliphatic heterocycles. The van der Waals surface area contributed by atoms with Crippen LogP contribution in [0.5, 0.6) is 0 Å². The van der Waals surface area contributed by atoms with Gasteiger partial charge in [0.15, 0.2) is 0 Å². The highest BCUT2D eigenvalue weighted by molar-refractivity contribution is 6.30. The number of anilines is 1. The third-order valence-electron chi connectivity index (χ3n) is 5.71. The topological polar surface area (TPSA) is 38.1 Å². The number of carbonyl (C=O) groups is 1. The lowest BCUT2D eigenvalue weighted by Crippen LogP contribution is -2.24. The molecule has 0 saturated carbocycles. The van der Waals surface area contributed by atoms with Gasteiger partial charge in [0.05, 0.1) is 11.0 Å². The van der Waals surface area contributed by atoms with Gasteiger partial charge >= 0.3 is 0 Å². The van der Waals surface area contributed by atoms with E-state index in [0.29, 0.717) is 24.5 Å². The Kier molecular flexibility index (Phi) is 5.31. The lowest BCUT2D eigenvalue weighted by molar-refractivity contribution is -0.117. The maximum atomic E-state index is 12.8. The Morgan fingerprint density at radius 1 is 0.968 bits per heavy atom. The van der Waals surface area contributed by atoms with Gasteiger partial charge in [-0.15, -0.1) is 0 Å². The number of hydrogen-bond acceptors (Lipinski definition) is 2. The van der Waals surface area contributed by atoms with Crippen molar-refractivity contribution in [1.29, 1.82) is 0 Å². The van der Waals surface area contributed by atoms with Crippen molar-refractivity contribution in [3.63, 3.8) is 0 Å². The number of hydrogen-bond donors (Lipinski definition) is 0. The fourth-order valence-electron chi connectivity index (χ4n) is 4.21. The molecule has 0 radical (unpaired) electrons. The van der Waals surface area contributed by atoms with Gasteiger partial charge in [0, 0.05) is 36.1 Å². The number of amides is 1. The molecule has 5 heteroatoms. The molecule has 154 valence electrons. The van der Waals surface area contributed by atoms with E-state index in [1.807, 2.05) is 65.6 Å². The summed E-state index contributed by atoms with van der Waals surface area (Å²) in [5.41, 5.74) is 4.09. The number of para-hydroxylation sites is 2. The van der Waals surface area contributed by atoms with Gasteiger partial charge < -0.3 is 9.47 Å². The van der Waals surface area contributed by atoms with Crippen molar-refractivity contribution in [3.05, 3.63) is 101 Å². The van der Waals surface area contributed by atoms with Crippen LogP contribution in [0.25, 0.3) is 17.1 Å². The molecule has 3 aromatic carbocycles. The second-order valence-corrected chi connectivity index (χ2v) is 8.20. The number of halogens is 1. The Hall–Kier alpha value is -3.37. The SMILES string of the molecule is O=C1CC(c2nc3ccccc3n2C/C=C/c2ccccc2)CN1c1ccc(Cl)cc1. The molecule has 0 bridgehead atoms. The van der Waals surface area contributed by atoms with E-state index >= 15 is 0 Å². The van der Waals surface area contributed by atoms with Crippen LogP contribution in [-0.4, -0.2) is 22.0 Å². The van der Waals surface area contributed by atoms with Crippen LogP contribution in [0.4, 0.5) is 5.69 Å². The van der Waals surface area contributed by atoms with Gasteiger partial charge in [-0.3, -0.25) is 4.79 Å². The molecular weight excluding hydrogens is 406 g/mol. The van der Waals surface area contributed by atoms with Crippen molar-refractivity contribution in [2.45, 2.75) is 18.9 Å². The monoisotopic (exact) mass is 427 g/mol. The van der Waals surface area contributed by atoms with Gasteiger partial charge in [0.25, 0.3) is 0 Å². The first-order valence-corrected chi connectivity index (χ1v) is 10.8. The number of allylic oxidation sites excluding steroid dienone is 1. The molecule has 0 spiro atoms. The Labute approximate surface area is 186 Å². The summed E-state index contributed by atoms with van der Waals surface area (Å²) >= 11 is 6.01. The van der Waals surface area contributed by atoms with E-state index in [4.69, 9.17) is 16.6 Å². The van der Waals surface area contributed by atoms with E-state index in [0.717, 1.165) is 22.5 Å². The maximum Gasteiger partial charge on any atom is 0.227 e. The smallest absolute Gasteiger partial charge is 0.227 e. The molecular formula is C26H22ClN3O. The highest BCUT2D eigenvalue weighted by Gasteiger charge is 2.34. The van der Waals surface area contributed by atoms with Crippen LogP contribution in [0.1, 0.15) is 23.7 Å². The molecule has 31 heavy (non-hydrogen) atoms. The summed E-state index contributed by atoms with van der Waals surface area (Å²) in [6, 6.07) is 25.9. The van der Waals surface area contributed by atoms with Gasteiger partial charge in [0.1, 0.15) is 5.82 Å². The van der Waals surface area contributed by atoms with Crippen molar-refractivity contribution < 1.29 is 4.79 Å². The van der Waals surface area contributed by atoms with Crippen molar-refractivity contribution in [3.8, 4) is 0 Å². The van der Waals surface area contributed by atoms with Crippen LogP contribution < -0.4 is 4.90 Å². The molecule has 0 aliphatic carbocycles. The zero-order valence-electron chi connectivity index (χ0n) is 17.0. The Bertz CT molecular complexity index is 1240. The number of fused-ring (bicyclic) bond motifs is 1. The number of rotatable bonds is 5. The van der Waals surface area contributed by atoms with Gasteiger partial charge in [-0.05, 0) is 42.0 Å². The summed E-state index contributed by atoms with van der Waals surface area (Å²) in [5, 5.41) is 0.666. The number of aromatic nitrogens is 2. The van der Waals surface area contributed by atoms with E-state index in [2.05, 4.69) is 34.9 Å². The maximum absolute atomic E-state index is 12.8. The summed E-state index contributed by atoms with van der Waals surface area (Å²) in [4.78, 5) is 19.6. The minimum atomic E-state index is 0.0423. The first kappa shape index (κ1) is 19.6. The molecule has 1 atom stereocenters. The first-order valence-electron chi connectivity index (χ1n) is 10.4. The highest BCUT2D eigenvalue weighted by atomic mass is 35.5. The quantitative estimate of drug-likeness (QED) is 0.396. The van der Waals surface area contributed by atoms with Crippen LogP contribution in [0.2, 0.25) is 5.02 Å². The average molecular weight is 428 g/mol. The van der Waals surface area contributed by atoms with E-state index in [9.17, 15) is 4.79 Å². The molecule has 0 N–H and O–H groups in total. The fraction of sp³-hybridized carbons (Fsp3) is 0.154. The predicted octanol–water partition coefficient (Wildman–Crippen LogP) is 5.92. The van der Waals surface area contributed by atoms with Crippen molar-refractivity contribution >= 4 is 40.3 Å². The van der Waals surface area contributed by atoms with Gasteiger partial charge in [-0.25, -0.2) is 4.98 Å².